The van der Waals surface area contributed by atoms with Crippen LogP contribution in [0.15, 0.2) is 18.2 Å². The van der Waals surface area contributed by atoms with E-state index in [2.05, 4.69) is 0 Å². The summed E-state index contributed by atoms with van der Waals surface area (Å²) >= 11 is 0. The van der Waals surface area contributed by atoms with Crippen LogP contribution in [0.3, 0.4) is 0 Å². The van der Waals surface area contributed by atoms with E-state index in [1.807, 2.05) is 34.9 Å². The van der Waals surface area contributed by atoms with Crippen molar-refractivity contribution in [2.75, 3.05) is 33.3 Å². The molecule has 0 aromatic heterocycles. The second kappa shape index (κ2) is 6.60. The van der Waals surface area contributed by atoms with Crippen LogP contribution in [-0.4, -0.2) is 54.9 Å². The molecule has 2 fully saturated rings. The van der Waals surface area contributed by atoms with Gasteiger partial charge in [0.15, 0.2) is 0 Å². The maximum absolute atomic E-state index is 12.4. The molecule has 3 rings (SSSR count). The Balaban J connectivity index is 1.53. The molecule has 1 saturated carbocycles. The van der Waals surface area contributed by atoms with Crippen LogP contribution in [0.1, 0.15) is 24.0 Å². The summed E-state index contributed by atoms with van der Waals surface area (Å²) in [7, 11) is 1.65. The Morgan fingerprint density at radius 1 is 1.13 bits per heavy atom. The van der Waals surface area contributed by atoms with Crippen molar-refractivity contribution in [3.05, 3.63) is 29.3 Å². The van der Waals surface area contributed by atoms with E-state index in [0.717, 1.165) is 29.7 Å². The summed E-state index contributed by atoms with van der Waals surface area (Å²) in [6, 6.07) is 5.85. The first-order valence-corrected chi connectivity index (χ1v) is 8.28. The molecule has 2 aliphatic rings. The number of carbonyl (C=O) groups excluding carboxylic acids is 2. The smallest absolute Gasteiger partial charge is 0.227 e. The zero-order valence-corrected chi connectivity index (χ0v) is 13.9. The predicted molar refractivity (Wildman–Crippen MR) is 87.3 cm³/mol. The van der Waals surface area contributed by atoms with Crippen molar-refractivity contribution in [3.8, 4) is 5.75 Å². The molecule has 0 spiro atoms. The monoisotopic (exact) mass is 316 g/mol. The molecule has 1 aliphatic carbocycles. The maximum Gasteiger partial charge on any atom is 0.227 e. The van der Waals surface area contributed by atoms with E-state index in [1.165, 1.54) is 0 Å². The summed E-state index contributed by atoms with van der Waals surface area (Å²) in [4.78, 5) is 28.3. The standard InChI is InChI=1S/C18H24N2O3/c1-13-11-14(3-6-16(13)23-2)12-17(21)19-7-9-20(10-8-19)18(22)15-4-5-15/h3,6,11,15H,4-5,7-10,12H2,1-2H3. The van der Waals surface area contributed by atoms with Crippen molar-refractivity contribution < 1.29 is 14.3 Å². The van der Waals surface area contributed by atoms with Crippen molar-refractivity contribution in [2.45, 2.75) is 26.2 Å². The van der Waals surface area contributed by atoms with Crippen molar-refractivity contribution in [1.82, 2.24) is 9.80 Å². The Bertz CT molecular complexity index is 602. The molecular weight excluding hydrogens is 292 g/mol. The number of hydrogen-bond donors (Lipinski definition) is 0. The molecule has 1 aliphatic heterocycles. The lowest BCUT2D eigenvalue weighted by Crippen LogP contribution is -2.51. The lowest BCUT2D eigenvalue weighted by atomic mass is 10.1. The van der Waals surface area contributed by atoms with Gasteiger partial charge in [-0.05, 0) is 37.0 Å². The van der Waals surface area contributed by atoms with Crippen LogP contribution in [0.5, 0.6) is 5.75 Å². The minimum absolute atomic E-state index is 0.132. The van der Waals surface area contributed by atoms with Gasteiger partial charge in [0.25, 0.3) is 0 Å². The lowest BCUT2D eigenvalue weighted by Gasteiger charge is -2.35. The maximum atomic E-state index is 12.4. The summed E-state index contributed by atoms with van der Waals surface area (Å²) in [5, 5.41) is 0. The van der Waals surface area contributed by atoms with Crippen LogP contribution in [0.2, 0.25) is 0 Å². The molecule has 1 aromatic carbocycles. The van der Waals surface area contributed by atoms with Gasteiger partial charge in [0, 0.05) is 32.1 Å². The number of rotatable bonds is 4. The van der Waals surface area contributed by atoms with Crippen LogP contribution < -0.4 is 4.74 Å². The third-order valence-electron chi connectivity index (χ3n) is 4.69. The minimum atomic E-state index is 0.132. The third-order valence-corrected chi connectivity index (χ3v) is 4.69. The largest absolute Gasteiger partial charge is 0.496 e. The summed E-state index contributed by atoms with van der Waals surface area (Å²) in [5.74, 6) is 1.52. The highest BCUT2D eigenvalue weighted by atomic mass is 16.5. The number of aryl methyl sites for hydroxylation is 1. The molecule has 2 amide bonds. The number of nitrogens with zero attached hydrogens (tertiary/aromatic N) is 2. The molecule has 23 heavy (non-hydrogen) atoms. The van der Waals surface area contributed by atoms with Crippen LogP contribution in [0.4, 0.5) is 0 Å². The molecule has 124 valence electrons. The first-order valence-electron chi connectivity index (χ1n) is 8.28. The van der Waals surface area contributed by atoms with Gasteiger partial charge in [-0.15, -0.1) is 0 Å². The Morgan fingerprint density at radius 2 is 1.78 bits per heavy atom. The topological polar surface area (TPSA) is 49.9 Å². The second-order valence-corrected chi connectivity index (χ2v) is 6.46. The van der Waals surface area contributed by atoms with Crippen molar-refractivity contribution in [2.24, 2.45) is 5.92 Å². The first kappa shape index (κ1) is 15.8. The number of piperazine rings is 1. The van der Waals surface area contributed by atoms with E-state index in [1.54, 1.807) is 7.11 Å². The second-order valence-electron chi connectivity index (χ2n) is 6.46. The SMILES string of the molecule is COc1ccc(CC(=O)N2CCN(C(=O)C3CC3)CC2)cc1C. The Labute approximate surface area is 137 Å². The number of hydrogen-bond acceptors (Lipinski definition) is 3. The molecular formula is C18H24N2O3. The average Bonchev–Trinajstić information content (AvgIpc) is 3.39. The number of amides is 2. The van der Waals surface area contributed by atoms with Gasteiger partial charge in [-0.1, -0.05) is 12.1 Å². The molecule has 1 saturated heterocycles. The number of ether oxygens (including phenoxy) is 1. The van der Waals surface area contributed by atoms with Crippen LogP contribution in [0, 0.1) is 12.8 Å². The fraction of sp³-hybridized carbons (Fsp3) is 0.556. The summed E-state index contributed by atoms with van der Waals surface area (Å²) in [5.41, 5.74) is 2.04. The van der Waals surface area contributed by atoms with Gasteiger partial charge >= 0.3 is 0 Å². The van der Waals surface area contributed by atoms with E-state index < -0.39 is 0 Å². The van der Waals surface area contributed by atoms with Crippen LogP contribution in [-0.2, 0) is 16.0 Å². The van der Waals surface area contributed by atoms with Gasteiger partial charge in [-0.2, -0.15) is 0 Å². The van der Waals surface area contributed by atoms with E-state index >= 15 is 0 Å². The highest BCUT2D eigenvalue weighted by Crippen LogP contribution is 2.31. The van der Waals surface area contributed by atoms with Crippen molar-refractivity contribution in [1.29, 1.82) is 0 Å². The molecule has 1 heterocycles. The average molecular weight is 316 g/mol. The summed E-state index contributed by atoms with van der Waals surface area (Å²) in [6.45, 7) is 4.61. The van der Waals surface area contributed by atoms with Gasteiger partial charge in [0.2, 0.25) is 11.8 Å². The van der Waals surface area contributed by atoms with E-state index in [9.17, 15) is 9.59 Å². The van der Waals surface area contributed by atoms with Crippen LogP contribution in [0.25, 0.3) is 0 Å². The lowest BCUT2D eigenvalue weighted by molar-refractivity contribution is -0.140. The van der Waals surface area contributed by atoms with Gasteiger partial charge in [0.05, 0.1) is 13.5 Å². The van der Waals surface area contributed by atoms with E-state index in [4.69, 9.17) is 4.74 Å². The number of benzene rings is 1. The summed E-state index contributed by atoms with van der Waals surface area (Å²) < 4.78 is 5.25. The number of methoxy groups -OCH3 is 1. The molecule has 0 atom stereocenters. The van der Waals surface area contributed by atoms with Gasteiger partial charge in [-0.3, -0.25) is 9.59 Å². The number of carbonyl (C=O) groups is 2. The van der Waals surface area contributed by atoms with Gasteiger partial charge < -0.3 is 14.5 Å². The first-order chi connectivity index (χ1) is 11.1. The van der Waals surface area contributed by atoms with E-state index in [-0.39, 0.29) is 17.7 Å². The molecule has 5 heteroatoms. The fourth-order valence-corrected chi connectivity index (χ4v) is 3.10. The van der Waals surface area contributed by atoms with Gasteiger partial charge in [-0.25, -0.2) is 0 Å². The highest BCUT2D eigenvalue weighted by molar-refractivity contribution is 5.82. The van der Waals surface area contributed by atoms with Crippen molar-refractivity contribution in [3.63, 3.8) is 0 Å². The predicted octanol–water partition coefficient (Wildman–Crippen LogP) is 1.63. The summed E-state index contributed by atoms with van der Waals surface area (Å²) in [6.07, 6.45) is 2.48. The molecule has 5 nitrogen and oxygen atoms in total. The zero-order valence-electron chi connectivity index (χ0n) is 13.9. The van der Waals surface area contributed by atoms with E-state index in [0.29, 0.717) is 32.6 Å². The molecule has 0 N–H and O–H groups in total. The highest BCUT2D eigenvalue weighted by Gasteiger charge is 2.35. The van der Waals surface area contributed by atoms with Crippen molar-refractivity contribution >= 4 is 11.8 Å². The Morgan fingerprint density at radius 3 is 2.35 bits per heavy atom. The zero-order chi connectivity index (χ0) is 16.4. The fourth-order valence-electron chi connectivity index (χ4n) is 3.10. The molecule has 0 radical (unpaired) electrons. The third kappa shape index (κ3) is 3.66. The normalized spacial score (nSPS) is 18.0. The van der Waals surface area contributed by atoms with Gasteiger partial charge in [0.1, 0.15) is 5.75 Å². The van der Waals surface area contributed by atoms with Crippen LogP contribution >= 0.6 is 0 Å². The molecule has 0 unspecified atom stereocenters. The molecule has 1 aromatic rings. The molecule has 0 bridgehead atoms. The Kier molecular flexibility index (Phi) is 4.55. The quantitative estimate of drug-likeness (QED) is 0.848. The Hall–Kier alpha value is -2.04. The minimum Gasteiger partial charge on any atom is -0.496 e.